The standard InChI is InChI=1S/C20H25ClN4O5/c21-13-5-15(25(29)30)18(22-9-13)23-14-1-2-24(19(26)27)17(14)16-11-3-10-4-12(16)8-20(28,6-10)7-11/h5,9-12,14,16-17,28H,1-4,6-8H2,(H,22,23)(H,26,27)/t10?,11-,12?,14?,16?,17-,20?/m0/s1. The van der Waals surface area contributed by atoms with E-state index >= 15 is 0 Å². The summed E-state index contributed by atoms with van der Waals surface area (Å²) in [6.45, 7) is 0.378. The molecule has 2 heterocycles. The van der Waals surface area contributed by atoms with Gasteiger partial charge in [-0.15, -0.1) is 0 Å². The molecule has 0 radical (unpaired) electrons. The van der Waals surface area contributed by atoms with E-state index in [4.69, 9.17) is 11.6 Å². The molecule has 5 aliphatic rings. The van der Waals surface area contributed by atoms with Crippen molar-refractivity contribution < 1.29 is 19.9 Å². The van der Waals surface area contributed by atoms with Crippen LogP contribution in [-0.2, 0) is 0 Å². The van der Waals surface area contributed by atoms with Crippen molar-refractivity contribution in [2.75, 3.05) is 11.9 Å². The number of pyridine rings is 1. The Kier molecular flexibility index (Phi) is 4.59. The van der Waals surface area contributed by atoms with Crippen LogP contribution in [0.3, 0.4) is 0 Å². The van der Waals surface area contributed by atoms with Gasteiger partial charge in [0.25, 0.3) is 0 Å². The number of anilines is 1. The number of aromatic nitrogens is 1. The van der Waals surface area contributed by atoms with Crippen LogP contribution in [0.25, 0.3) is 0 Å². The van der Waals surface area contributed by atoms with Crippen molar-refractivity contribution in [3.63, 3.8) is 0 Å². The maximum absolute atomic E-state index is 12.0. The molecule has 162 valence electrons. The van der Waals surface area contributed by atoms with Gasteiger partial charge in [-0.25, -0.2) is 9.78 Å². The Bertz CT molecular complexity index is 882. The van der Waals surface area contributed by atoms with Crippen LogP contribution in [0.15, 0.2) is 12.3 Å². The number of halogens is 1. The summed E-state index contributed by atoms with van der Waals surface area (Å²) in [4.78, 5) is 28.6. The van der Waals surface area contributed by atoms with Gasteiger partial charge in [0.1, 0.15) is 0 Å². The first-order valence-corrected chi connectivity index (χ1v) is 10.9. The van der Waals surface area contributed by atoms with E-state index in [0.717, 1.165) is 32.1 Å². The largest absolute Gasteiger partial charge is 0.465 e. The molecule has 3 N–H and O–H groups in total. The molecule has 10 heteroatoms. The van der Waals surface area contributed by atoms with E-state index in [9.17, 15) is 25.1 Å². The van der Waals surface area contributed by atoms with E-state index in [1.807, 2.05) is 0 Å². The van der Waals surface area contributed by atoms with Gasteiger partial charge in [0.15, 0.2) is 0 Å². The lowest BCUT2D eigenvalue weighted by atomic mass is 9.48. The Labute approximate surface area is 178 Å². The van der Waals surface area contributed by atoms with E-state index in [2.05, 4.69) is 10.3 Å². The molecule has 1 aliphatic heterocycles. The number of hydrogen-bond donors (Lipinski definition) is 3. The lowest BCUT2D eigenvalue weighted by Crippen LogP contribution is -2.61. The normalized spacial score (nSPS) is 39.3. The highest BCUT2D eigenvalue weighted by Crippen LogP contribution is 2.60. The maximum atomic E-state index is 12.0. The van der Waals surface area contributed by atoms with Gasteiger partial charge in [0, 0.05) is 18.8 Å². The summed E-state index contributed by atoms with van der Waals surface area (Å²) in [6, 6.07) is 0.692. The Balaban J connectivity index is 1.46. The number of rotatable bonds is 4. The van der Waals surface area contributed by atoms with Crippen LogP contribution in [0.5, 0.6) is 0 Å². The fourth-order valence-corrected chi connectivity index (χ4v) is 7.26. The third-order valence-corrected chi connectivity index (χ3v) is 7.97. The summed E-state index contributed by atoms with van der Waals surface area (Å²) in [7, 11) is 0. The van der Waals surface area contributed by atoms with Crippen LogP contribution < -0.4 is 5.32 Å². The summed E-state index contributed by atoms with van der Waals surface area (Å²) in [5.41, 5.74) is -0.812. The maximum Gasteiger partial charge on any atom is 0.407 e. The second-order valence-corrected chi connectivity index (χ2v) is 9.99. The van der Waals surface area contributed by atoms with Gasteiger partial charge in [-0.2, -0.15) is 0 Å². The fourth-order valence-electron chi connectivity index (χ4n) is 7.10. The van der Waals surface area contributed by atoms with Gasteiger partial charge in [0.2, 0.25) is 5.82 Å². The number of hydrogen-bond acceptors (Lipinski definition) is 6. The zero-order valence-corrected chi connectivity index (χ0v) is 17.2. The molecule has 30 heavy (non-hydrogen) atoms. The molecular weight excluding hydrogens is 412 g/mol. The first-order chi connectivity index (χ1) is 14.2. The molecule has 1 aromatic rings. The molecule has 4 saturated carbocycles. The third kappa shape index (κ3) is 3.19. The lowest BCUT2D eigenvalue weighted by Gasteiger charge is -2.60. The van der Waals surface area contributed by atoms with Crippen LogP contribution in [0.2, 0.25) is 5.02 Å². The fraction of sp³-hybridized carbons (Fsp3) is 0.700. The number of nitro groups is 1. The van der Waals surface area contributed by atoms with Gasteiger partial charge in [-0.3, -0.25) is 10.1 Å². The van der Waals surface area contributed by atoms with E-state index < -0.39 is 16.6 Å². The predicted octanol–water partition coefficient (Wildman–Crippen LogP) is 3.36. The zero-order chi connectivity index (χ0) is 21.2. The zero-order valence-electron chi connectivity index (χ0n) is 16.4. The number of carboxylic acid groups (broad SMARTS) is 1. The van der Waals surface area contributed by atoms with Gasteiger partial charge >= 0.3 is 11.8 Å². The van der Waals surface area contributed by atoms with E-state index in [-0.39, 0.29) is 46.4 Å². The highest BCUT2D eigenvalue weighted by molar-refractivity contribution is 6.30. The van der Waals surface area contributed by atoms with Crippen molar-refractivity contribution in [3.8, 4) is 0 Å². The minimum Gasteiger partial charge on any atom is -0.465 e. The van der Waals surface area contributed by atoms with Crippen molar-refractivity contribution in [1.82, 2.24) is 9.88 Å². The number of nitrogens with zero attached hydrogens (tertiary/aromatic N) is 3. The molecule has 5 fully saturated rings. The minimum atomic E-state index is -0.963. The summed E-state index contributed by atoms with van der Waals surface area (Å²) in [5, 5.41) is 35.6. The monoisotopic (exact) mass is 436 g/mol. The SMILES string of the molecule is O=C(O)N1CCC(Nc2ncc(Cl)cc2[N+](=O)[O-])[C@H]1C1C2CC3C[C@H]1CC(O)(C3)C2. The van der Waals surface area contributed by atoms with Gasteiger partial charge < -0.3 is 20.4 Å². The second kappa shape index (κ2) is 6.95. The minimum absolute atomic E-state index is 0.120. The van der Waals surface area contributed by atoms with Crippen molar-refractivity contribution in [3.05, 3.63) is 27.4 Å². The van der Waals surface area contributed by atoms with Gasteiger partial charge in [-0.1, -0.05) is 11.6 Å². The smallest absolute Gasteiger partial charge is 0.407 e. The Morgan fingerprint density at radius 3 is 2.63 bits per heavy atom. The Morgan fingerprint density at radius 2 is 2.03 bits per heavy atom. The van der Waals surface area contributed by atoms with E-state index in [0.29, 0.717) is 18.9 Å². The lowest BCUT2D eigenvalue weighted by molar-refractivity contribution is -0.384. The summed E-state index contributed by atoms with van der Waals surface area (Å²) >= 11 is 5.88. The predicted molar refractivity (Wildman–Crippen MR) is 108 cm³/mol. The van der Waals surface area contributed by atoms with Crippen molar-refractivity contribution in [2.24, 2.45) is 23.7 Å². The molecule has 4 aliphatic carbocycles. The molecule has 1 aromatic heterocycles. The van der Waals surface area contributed by atoms with E-state index in [1.54, 1.807) is 0 Å². The van der Waals surface area contributed by atoms with Crippen LogP contribution in [0, 0.1) is 33.8 Å². The summed E-state index contributed by atoms with van der Waals surface area (Å²) in [6.07, 6.45) is 5.31. The second-order valence-electron chi connectivity index (χ2n) is 9.56. The first kappa shape index (κ1) is 19.8. The van der Waals surface area contributed by atoms with Gasteiger partial charge in [0.05, 0.1) is 27.6 Å². The van der Waals surface area contributed by atoms with E-state index in [1.165, 1.54) is 17.2 Å². The molecule has 5 unspecified atom stereocenters. The Hall–Kier alpha value is -2.13. The highest BCUT2D eigenvalue weighted by Gasteiger charge is 2.59. The van der Waals surface area contributed by atoms with Gasteiger partial charge in [-0.05, 0) is 62.2 Å². The quantitative estimate of drug-likeness (QED) is 0.487. The van der Waals surface area contributed by atoms with Crippen LogP contribution >= 0.6 is 11.6 Å². The van der Waals surface area contributed by atoms with Crippen molar-refractivity contribution in [1.29, 1.82) is 0 Å². The molecule has 7 atom stereocenters. The molecule has 9 nitrogen and oxygen atoms in total. The number of nitrogens with one attached hydrogen (secondary N) is 1. The average Bonchev–Trinajstić information content (AvgIpc) is 3.05. The molecule has 1 amide bonds. The molecule has 1 saturated heterocycles. The number of carbonyl (C=O) groups is 1. The molecule has 6 rings (SSSR count). The van der Waals surface area contributed by atoms with Crippen molar-refractivity contribution >= 4 is 29.2 Å². The van der Waals surface area contributed by atoms with Crippen LogP contribution in [0.1, 0.15) is 38.5 Å². The third-order valence-electron chi connectivity index (χ3n) is 7.76. The number of likely N-dealkylation sites (tertiary alicyclic amines) is 1. The van der Waals surface area contributed by atoms with Crippen LogP contribution in [-0.4, -0.2) is 55.3 Å². The number of amides is 1. The van der Waals surface area contributed by atoms with Crippen LogP contribution in [0.4, 0.5) is 16.3 Å². The first-order valence-electron chi connectivity index (χ1n) is 10.5. The summed E-state index contributed by atoms with van der Waals surface area (Å²) in [5.74, 6) is 1.35. The molecular formula is C20H25ClN4O5. The summed E-state index contributed by atoms with van der Waals surface area (Å²) < 4.78 is 0. The highest BCUT2D eigenvalue weighted by atomic mass is 35.5. The number of aliphatic hydroxyl groups is 1. The molecule has 0 spiro atoms. The average molecular weight is 437 g/mol. The molecule has 4 bridgehead atoms. The topological polar surface area (TPSA) is 129 Å². The molecule has 0 aromatic carbocycles. The van der Waals surface area contributed by atoms with Crippen molar-refractivity contribution in [2.45, 2.75) is 56.2 Å². The Morgan fingerprint density at radius 1 is 1.33 bits per heavy atom.